The molecule has 0 aromatic heterocycles. The average Bonchev–Trinajstić information content (AvgIpc) is 3.37. The molecule has 0 radical (unpaired) electrons. The monoisotopic (exact) mass is 1020 g/mol. The van der Waals surface area contributed by atoms with Crippen LogP contribution in [0.4, 0.5) is 0 Å². The number of rotatable bonds is 47. The van der Waals surface area contributed by atoms with Crippen molar-refractivity contribution in [2.24, 2.45) is 0 Å². The Hall–Kier alpha value is -4.64. The Balaban J connectivity index is 4.92. The first kappa shape index (κ1) is 67.4. The Morgan fingerprint density at radius 1 is 0.389 bits per heavy atom. The SMILES string of the molecule is CC/C=C\C/C=C\C/C=C\C/C=C\C/C=C\C/C=C\CCC(=O)OCC(COP(=O)(O)OCC(CO)OC(=O)CCCCC/C=C\C/C=C\C/C=C\CC)OC(=O)CCCCC/C=C\C/C=C\C/C=C\CC. The molecule has 3 unspecified atom stereocenters. The Morgan fingerprint density at radius 3 is 1.07 bits per heavy atom. The lowest BCUT2D eigenvalue weighted by molar-refractivity contribution is -0.161. The molecule has 0 bridgehead atoms. The van der Waals surface area contributed by atoms with Gasteiger partial charge in [0.1, 0.15) is 12.7 Å². The van der Waals surface area contributed by atoms with Crippen LogP contribution in [-0.2, 0) is 42.2 Å². The Kier molecular flexibility index (Phi) is 49.3. The second-order valence-corrected chi connectivity index (χ2v) is 18.3. The molecular formula is C60H93O11P. The average molecular weight is 1020 g/mol. The summed E-state index contributed by atoms with van der Waals surface area (Å²) in [5, 5.41) is 9.78. The van der Waals surface area contributed by atoms with E-state index in [2.05, 4.69) is 154 Å². The van der Waals surface area contributed by atoms with Gasteiger partial charge >= 0.3 is 25.7 Å². The van der Waals surface area contributed by atoms with Gasteiger partial charge in [-0.25, -0.2) is 4.57 Å². The number of esters is 3. The lowest BCUT2D eigenvalue weighted by Crippen LogP contribution is -2.30. The first-order chi connectivity index (χ1) is 35.2. The van der Waals surface area contributed by atoms with E-state index in [0.717, 1.165) is 116 Å². The molecule has 0 saturated heterocycles. The van der Waals surface area contributed by atoms with Crippen molar-refractivity contribution in [3.63, 3.8) is 0 Å². The number of unbranched alkanes of at least 4 members (excludes halogenated alkanes) is 6. The summed E-state index contributed by atoms with van der Waals surface area (Å²) in [6, 6.07) is 0. The molecule has 0 spiro atoms. The van der Waals surface area contributed by atoms with Crippen LogP contribution in [0.1, 0.15) is 175 Å². The molecule has 0 saturated carbocycles. The van der Waals surface area contributed by atoms with Crippen LogP contribution >= 0.6 is 7.82 Å². The maximum absolute atomic E-state index is 12.9. The number of aliphatic hydroxyl groups excluding tert-OH is 1. The number of aliphatic hydroxyl groups is 1. The number of hydrogen-bond donors (Lipinski definition) is 2. The molecule has 0 aromatic carbocycles. The fourth-order valence-electron chi connectivity index (χ4n) is 6.29. The first-order valence-electron chi connectivity index (χ1n) is 26.7. The summed E-state index contributed by atoms with van der Waals surface area (Å²) in [5.74, 6) is -1.66. The van der Waals surface area contributed by atoms with Gasteiger partial charge in [-0.1, -0.05) is 179 Å². The summed E-state index contributed by atoms with van der Waals surface area (Å²) in [5.41, 5.74) is 0. The standard InChI is InChI=1S/C60H93O11P/c1-4-7-10-13-16-19-22-25-26-27-28-29-30-33-34-37-40-43-46-49-58(62)67-53-57(71-60(64)51-48-45-42-39-36-32-24-21-18-15-12-9-6-3)55-69-72(65,66)68-54-56(52-61)70-59(63)50-47-44-41-38-35-31-23-20-17-14-11-8-5-2/h7-12,16-21,25-26,28-29,31-36,40,43,56-57,61H,4-6,13-15,22-24,27,30,37-39,41-42,44-55H2,1-3H3,(H,65,66)/b10-7-,11-8-,12-9-,19-16-,20-17-,21-18-,26-25-,29-28-,34-33-,35-31-,36-32-,43-40-. The molecule has 0 heterocycles. The van der Waals surface area contributed by atoms with E-state index in [0.29, 0.717) is 19.3 Å². The fourth-order valence-corrected chi connectivity index (χ4v) is 7.07. The predicted molar refractivity (Wildman–Crippen MR) is 297 cm³/mol. The van der Waals surface area contributed by atoms with Gasteiger partial charge in [0.25, 0.3) is 0 Å². The molecule has 0 amide bonds. The maximum atomic E-state index is 12.9. The van der Waals surface area contributed by atoms with Gasteiger partial charge in [0.15, 0.2) is 6.10 Å². The fraction of sp³-hybridized carbons (Fsp3) is 0.550. The van der Waals surface area contributed by atoms with Gasteiger partial charge in [-0.05, 0) is 122 Å². The highest BCUT2D eigenvalue weighted by molar-refractivity contribution is 7.47. The van der Waals surface area contributed by atoms with Crippen LogP contribution in [0.5, 0.6) is 0 Å². The van der Waals surface area contributed by atoms with E-state index in [1.54, 1.807) is 0 Å². The molecular weight excluding hydrogens is 928 g/mol. The van der Waals surface area contributed by atoms with E-state index in [1.165, 1.54) is 0 Å². The van der Waals surface area contributed by atoms with Crippen LogP contribution in [-0.4, -0.2) is 66.5 Å². The molecule has 11 nitrogen and oxygen atoms in total. The normalized spacial score (nSPS) is 14.6. The third-order valence-electron chi connectivity index (χ3n) is 10.3. The van der Waals surface area contributed by atoms with Gasteiger partial charge in [0, 0.05) is 19.3 Å². The maximum Gasteiger partial charge on any atom is 0.472 e. The minimum atomic E-state index is -4.79. The molecule has 12 heteroatoms. The second kappa shape index (κ2) is 52.7. The molecule has 0 aliphatic rings. The van der Waals surface area contributed by atoms with Gasteiger partial charge in [-0.3, -0.25) is 23.4 Å². The molecule has 2 N–H and O–H groups in total. The lowest BCUT2D eigenvalue weighted by Gasteiger charge is -2.21. The van der Waals surface area contributed by atoms with Crippen LogP contribution in [0.2, 0.25) is 0 Å². The largest absolute Gasteiger partial charge is 0.472 e. The van der Waals surface area contributed by atoms with E-state index < -0.39 is 64.4 Å². The number of phosphoric acid groups is 1. The molecule has 72 heavy (non-hydrogen) atoms. The summed E-state index contributed by atoms with van der Waals surface area (Å²) >= 11 is 0. The number of carbonyl (C=O) groups is 3. The van der Waals surface area contributed by atoms with E-state index in [-0.39, 0.29) is 19.3 Å². The zero-order valence-electron chi connectivity index (χ0n) is 44.3. The van der Waals surface area contributed by atoms with Crippen molar-refractivity contribution in [1.29, 1.82) is 0 Å². The van der Waals surface area contributed by atoms with E-state index >= 15 is 0 Å². The molecule has 404 valence electrons. The molecule has 3 atom stereocenters. The summed E-state index contributed by atoms with van der Waals surface area (Å²) in [7, 11) is -4.79. The topological polar surface area (TPSA) is 155 Å². The molecule has 0 aromatic rings. The molecule has 0 aliphatic carbocycles. The van der Waals surface area contributed by atoms with Crippen molar-refractivity contribution in [2.75, 3.05) is 26.4 Å². The molecule has 0 fully saturated rings. The Labute approximate surface area is 435 Å². The van der Waals surface area contributed by atoms with Crippen molar-refractivity contribution in [3.8, 4) is 0 Å². The van der Waals surface area contributed by atoms with E-state index in [1.807, 2.05) is 12.2 Å². The van der Waals surface area contributed by atoms with Crippen molar-refractivity contribution in [1.82, 2.24) is 0 Å². The molecule has 0 rings (SSSR count). The summed E-state index contributed by atoms with van der Waals surface area (Å²) in [6.45, 7) is 4.10. The highest BCUT2D eigenvalue weighted by Gasteiger charge is 2.28. The van der Waals surface area contributed by atoms with E-state index in [9.17, 15) is 28.9 Å². The number of phosphoric ester groups is 1. The number of carbonyl (C=O) groups excluding carboxylic acids is 3. The third kappa shape index (κ3) is 50.3. The smallest absolute Gasteiger partial charge is 0.462 e. The van der Waals surface area contributed by atoms with Gasteiger partial charge < -0.3 is 24.2 Å². The summed E-state index contributed by atoms with van der Waals surface area (Å²) in [6.07, 6.45) is 67.0. The van der Waals surface area contributed by atoms with Gasteiger partial charge in [0.2, 0.25) is 0 Å². The lowest BCUT2D eigenvalue weighted by atomic mass is 10.1. The molecule has 0 aliphatic heterocycles. The first-order valence-corrected chi connectivity index (χ1v) is 28.2. The van der Waals surface area contributed by atoms with Crippen LogP contribution < -0.4 is 0 Å². The highest BCUT2D eigenvalue weighted by Crippen LogP contribution is 2.43. The Morgan fingerprint density at radius 2 is 0.708 bits per heavy atom. The van der Waals surface area contributed by atoms with Crippen LogP contribution in [0.3, 0.4) is 0 Å². The third-order valence-corrected chi connectivity index (χ3v) is 11.2. The second-order valence-electron chi connectivity index (χ2n) is 16.9. The minimum absolute atomic E-state index is 0.0841. The van der Waals surface area contributed by atoms with Gasteiger partial charge in [-0.15, -0.1) is 0 Å². The van der Waals surface area contributed by atoms with Crippen molar-refractivity contribution in [2.45, 2.75) is 187 Å². The zero-order chi connectivity index (χ0) is 52.7. The number of hydrogen-bond acceptors (Lipinski definition) is 10. The van der Waals surface area contributed by atoms with Crippen molar-refractivity contribution < 1.29 is 52.2 Å². The minimum Gasteiger partial charge on any atom is -0.462 e. The zero-order valence-corrected chi connectivity index (χ0v) is 45.2. The Bertz CT molecular complexity index is 1760. The van der Waals surface area contributed by atoms with Gasteiger partial charge in [-0.2, -0.15) is 0 Å². The van der Waals surface area contributed by atoms with Crippen LogP contribution in [0.25, 0.3) is 0 Å². The number of ether oxygens (including phenoxy) is 3. The quantitative estimate of drug-likeness (QED) is 0.0197. The predicted octanol–water partition coefficient (Wildman–Crippen LogP) is 15.6. The van der Waals surface area contributed by atoms with Gasteiger partial charge in [0.05, 0.1) is 19.8 Å². The van der Waals surface area contributed by atoms with Crippen molar-refractivity contribution >= 4 is 25.7 Å². The van der Waals surface area contributed by atoms with Crippen molar-refractivity contribution in [3.05, 3.63) is 146 Å². The van der Waals surface area contributed by atoms with Crippen LogP contribution in [0.15, 0.2) is 146 Å². The van der Waals surface area contributed by atoms with E-state index in [4.69, 9.17) is 23.3 Å². The summed E-state index contributed by atoms with van der Waals surface area (Å²) in [4.78, 5) is 48.3. The number of allylic oxidation sites excluding steroid dienone is 24. The summed E-state index contributed by atoms with van der Waals surface area (Å²) < 4.78 is 39.2. The highest BCUT2D eigenvalue weighted by atomic mass is 31.2. The van der Waals surface area contributed by atoms with Crippen LogP contribution in [0, 0.1) is 0 Å².